The van der Waals surface area contributed by atoms with Gasteiger partial charge in [0, 0.05) is 32.6 Å². The summed E-state index contributed by atoms with van der Waals surface area (Å²) in [7, 11) is 0. The Kier molecular flexibility index (Phi) is 4.93. The van der Waals surface area contributed by atoms with E-state index in [1.54, 1.807) is 34.2 Å². The molecule has 0 radical (unpaired) electrons. The minimum Gasteiger partial charge on any atom is -0.338 e. The number of hydrogen-bond acceptors (Lipinski definition) is 5. The summed E-state index contributed by atoms with van der Waals surface area (Å²) < 4.78 is 0. The molecule has 1 atom stereocenters. The fourth-order valence-electron chi connectivity index (χ4n) is 3.97. The van der Waals surface area contributed by atoms with Gasteiger partial charge >= 0.3 is 0 Å². The number of piperidine rings is 1. The average Bonchev–Trinajstić information content (AvgIpc) is 2.73. The van der Waals surface area contributed by atoms with Gasteiger partial charge in [-0.25, -0.2) is 4.98 Å². The Labute approximate surface area is 162 Å². The first-order chi connectivity index (χ1) is 13.5. The third kappa shape index (κ3) is 3.42. The first-order valence-electron chi connectivity index (χ1n) is 9.64. The minimum atomic E-state index is -0.271. The van der Waals surface area contributed by atoms with Crippen LogP contribution < -0.4 is 5.56 Å². The van der Waals surface area contributed by atoms with Crippen LogP contribution in [0.2, 0.25) is 0 Å². The second-order valence-corrected chi connectivity index (χ2v) is 7.29. The third-order valence-corrected chi connectivity index (χ3v) is 5.50. The Morgan fingerprint density at radius 1 is 1.21 bits per heavy atom. The molecule has 8 nitrogen and oxygen atoms in total. The van der Waals surface area contributed by atoms with Gasteiger partial charge in [0.1, 0.15) is 11.5 Å². The Hall–Kier alpha value is -3.03. The summed E-state index contributed by atoms with van der Waals surface area (Å²) in [5, 5.41) is 0. The molecule has 28 heavy (non-hydrogen) atoms. The zero-order chi connectivity index (χ0) is 19.7. The largest absolute Gasteiger partial charge is 0.338 e. The van der Waals surface area contributed by atoms with Gasteiger partial charge in [-0.2, -0.15) is 0 Å². The van der Waals surface area contributed by atoms with E-state index in [-0.39, 0.29) is 30.0 Å². The molecule has 2 aromatic heterocycles. The van der Waals surface area contributed by atoms with Crippen LogP contribution in [0.15, 0.2) is 29.2 Å². The zero-order valence-corrected chi connectivity index (χ0v) is 15.9. The van der Waals surface area contributed by atoms with Crippen LogP contribution in [0.3, 0.4) is 0 Å². The van der Waals surface area contributed by atoms with E-state index in [1.165, 1.54) is 6.92 Å². The number of H-pyrrole nitrogens is 1. The number of aromatic nitrogens is 3. The number of pyridine rings is 1. The number of carbonyl (C=O) groups is 2. The molecule has 4 rings (SSSR count). The lowest BCUT2D eigenvalue weighted by atomic mass is 9.99. The predicted octanol–water partition coefficient (Wildman–Crippen LogP) is 1.44. The SMILES string of the molecule is CC(=O)N1CCc2nc([C@H]3CCCCN3C(=O)c3ccccn3)[nH]c(=O)c2C1. The number of nitrogens with one attached hydrogen (secondary N) is 1. The van der Waals surface area contributed by atoms with Crippen molar-refractivity contribution in [2.24, 2.45) is 0 Å². The van der Waals surface area contributed by atoms with Gasteiger partial charge in [0.05, 0.1) is 23.8 Å². The molecule has 2 aliphatic rings. The van der Waals surface area contributed by atoms with E-state index >= 15 is 0 Å². The minimum absolute atomic E-state index is 0.0476. The van der Waals surface area contributed by atoms with Crippen molar-refractivity contribution in [2.45, 2.75) is 45.2 Å². The molecular weight excluding hydrogens is 358 g/mol. The van der Waals surface area contributed by atoms with Crippen molar-refractivity contribution in [2.75, 3.05) is 13.1 Å². The monoisotopic (exact) mass is 381 g/mol. The van der Waals surface area contributed by atoms with E-state index in [9.17, 15) is 14.4 Å². The highest BCUT2D eigenvalue weighted by molar-refractivity contribution is 5.92. The number of rotatable bonds is 2. The number of aromatic amines is 1. The second-order valence-electron chi connectivity index (χ2n) is 7.29. The smallest absolute Gasteiger partial charge is 0.273 e. The molecule has 146 valence electrons. The average molecular weight is 381 g/mol. The van der Waals surface area contributed by atoms with Gasteiger partial charge in [0.25, 0.3) is 11.5 Å². The summed E-state index contributed by atoms with van der Waals surface area (Å²) in [5.41, 5.74) is 1.45. The van der Waals surface area contributed by atoms with Crippen LogP contribution in [0.25, 0.3) is 0 Å². The number of hydrogen-bond donors (Lipinski definition) is 1. The molecule has 2 aliphatic heterocycles. The molecular formula is C20H23N5O3. The molecule has 1 saturated heterocycles. The highest BCUT2D eigenvalue weighted by atomic mass is 16.2. The van der Waals surface area contributed by atoms with Crippen LogP contribution in [0.5, 0.6) is 0 Å². The molecule has 0 aromatic carbocycles. The summed E-state index contributed by atoms with van der Waals surface area (Å²) in [5.74, 6) is 0.339. The maximum Gasteiger partial charge on any atom is 0.273 e. The summed E-state index contributed by atoms with van der Waals surface area (Å²) in [4.78, 5) is 52.5. The van der Waals surface area contributed by atoms with Crippen LogP contribution in [-0.2, 0) is 17.8 Å². The number of likely N-dealkylation sites (tertiary alicyclic amines) is 1. The standard InChI is InChI=1S/C20H23N5O3/c1-13(26)24-11-8-15-14(12-24)19(27)23-18(22-15)17-7-3-5-10-25(17)20(28)16-6-2-4-9-21-16/h2,4,6,9,17H,3,5,7-8,10-12H2,1H3,(H,22,23,27)/t17-/m1/s1. The van der Waals surface area contributed by atoms with E-state index in [0.717, 1.165) is 25.0 Å². The van der Waals surface area contributed by atoms with Gasteiger partial charge in [-0.1, -0.05) is 6.07 Å². The fourth-order valence-corrected chi connectivity index (χ4v) is 3.97. The van der Waals surface area contributed by atoms with Crippen molar-refractivity contribution in [3.63, 3.8) is 0 Å². The summed E-state index contributed by atoms with van der Waals surface area (Å²) in [6.07, 6.45) is 4.78. The Balaban J connectivity index is 1.66. The van der Waals surface area contributed by atoms with Crippen molar-refractivity contribution in [3.05, 3.63) is 57.5 Å². The van der Waals surface area contributed by atoms with Crippen molar-refractivity contribution in [1.29, 1.82) is 0 Å². The highest BCUT2D eigenvalue weighted by Crippen LogP contribution is 2.30. The molecule has 2 amide bonds. The molecule has 8 heteroatoms. The van der Waals surface area contributed by atoms with Gasteiger partial charge in [-0.3, -0.25) is 19.4 Å². The normalized spacial score (nSPS) is 19.2. The third-order valence-electron chi connectivity index (χ3n) is 5.50. The van der Waals surface area contributed by atoms with Crippen molar-refractivity contribution in [1.82, 2.24) is 24.8 Å². The van der Waals surface area contributed by atoms with Crippen LogP contribution in [0.1, 0.15) is 59.8 Å². The van der Waals surface area contributed by atoms with Crippen LogP contribution in [0.4, 0.5) is 0 Å². The lowest BCUT2D eigenvalue weighted by Crippen LogP contribution is -2.42. The van der Waals surface area contributed by atoms with Crippen LogP contribution in [-0.4, -0.2) is 49.7 Å². The number of amides is 2. The predicted molar refractivity (Wildman–Crippen MR) is 102 cm³/mol. The maximum atomic E-state index is 13.0. The molecule has 0 saturated carbocycles. The Morgan fingerprint density at radius 3 is 2.82 bits per heavy atom. The van der Waals surface area contributed by atoms with E-state index in [4.69, 9.17) is 4.98 Å². The second kappa shape index (κ2) is 7.53. The summed E-state index contributed by atoms with van der Waals surface area (Å²) in [6.45, 7) is 2.96. The van der Waals surface area contributed by atoms with Crippen LogP contribution in [0, 0.1) is 0 Å². The molecule has 0 unspecified atom stereocenters. The summed E-state index contributed by atoms with van der Waals surface area (Å²) >= 11 is 0. The van der Waals surface area contributed by atoms with Gasteiger partial charge in [0.15, 0.2) is 0 Å². The Bertz CT molecular complexity index is 956. The molecule has 1 N–H and O–H groups in total. The quantitative estimate of drug-likeness (QED) is 0.849. The number of fused-ring (bicyclic) bond motifs is 1. The van der Waals surface area contributed by atoms with Gasteiger partial charge in [-0.15, -0.1) is 0 Å². The molecule has 2 aromatic rings. The molecule has 0 bridgehead atoms. The van der Waals surface area contributed by atoms with Crippen molar-refractivity contribution >= 4 is 11.8 Å². The lowest BCUT2D eigenvalue weighted by Gasteiger charge is -2.35. The maximum absolute atomic E-state index is 13.0. The topological polar surface area (TPSA) is 99.3 Å². The molecule has 0 spiro atoms. The van der Waals surface area contributed by atoms with Crippen LogP contribution >= 0.6 is 0 Å². The van der Waals surface area contributed by atoms with Gasteiger partial charge < -0.3 is 14.8 Å². The number of nitrogens with zero attached hydrogens (tertiary/aromatic N) is 4. The lowest BCUT2D eigenvalue weighted by molar-refractivity contribution is -0.129. The highest BCUT2D eigenvalue weighted by Gasteiger charge is 2.32. The first kappa shape index (κ1) is 18.3. The van der Waals surface area contributed by atoms with Crippen molar-refractivity contribution in [3.8, 4) is 0 Å². The van der Waals surface area contributed by atoms with E-state index in [0.29, 0.717) is 36.6 Å². The molecule has 4 heterocycles. The van der Waals surface area contributed by atoms with E-state index in [2.05, 4.69) is 9.97 Å². The number of carbonyl (C=O) groups excluding carboxylic acids is 2. The summed E-state index contributed by atoms with van der Waals surface area (Å²) in [6, 6.07) is 5.00. The molecule has 0 aliphatic carbocycles. The zero-order valence-electron chi connectivity index (χ0n) is 15.9. The molecule has 1 fully saturated rings. The Morgan fingerprint density at radius 2 is 2.07 bits per heavy atom. The van der Waals surface area contributed by atoms with Gasteiger partial charge in [0.2, 0.25) is 5.91 Å². The van der Waals surface area contributed by atoms with Gasteiger partial charge in [-0.05, 0) is 31.4 Å². The van der Waals surface area contributed by atoms with E-state index < -0.39 is 0 Å². The fraction of sp³-hybridized carbons (Fsp3) is 0.450. The van der Waals surface area contributed by atoms with Crippen molar-refractivity contribution < 1.29 is 9.59 Å². The van der Waals surface area contributed by atoms with E-state index in [1.807, 2.05) is 0 Å². The first-order valence-corrected chi connectivity index (χ1v) is 9.64.